The van der Waals surface area contributed by atoms with E-state index in [0.717, 1.165) is 19.4 Å². The average molecular weight is 282 g/mol. The number of hydrogen-bond acceptors (Lipinski definition) is 5. The monoisotopic (exact) mass is 282 g/mol. The number of nitrogens with one attached hydrogen (secondary N) is 2. The van der Waals surface area contributed by atoms with Gasteiger partial charge >= 0.3 is 0 Å². The van der Waals surface area contributed by atoms with Crippen molar-refractivity contribution in [2.75, 3.05) is 25.5 Å². The number of carbonyl (C=O) groups excluding carboxylic acids is 2. The molecule has 7 heteroatoms. The summed E-state index contributed by atoms with van der Waals surface area (Å²) in [7, 11) is 1.91. The highest BCUT2D eigenvalue weighted by molar-refractivity contribution is 7.14. The van der Waals surface area contributed by atoms with Crippen molar-refractivity contribution in [1.29, 1.82) is 0 Å². The molecule has 2 rings (SSSR count). The molecule has 19 heavy (non-hydrogen) atoms. The largest absolute Gasteiger partial charge is 0.336 e. The molecule has 104 valence electrons. The number of aromatic nitrogens is 1. The van der Waals surface area contributed by atoms with Gasteiger partial charge in [0.05, 0.1) is 0 Å². The van der Waals surface area contributed by atoms with Crippen molar-refractivity contribution in [2.45, 2.75) is 25.8 Å². The Labute approximate surface area is 116 Å². The third kappa shape index (κ3) is 3.51. The third-order valence-corrected chi connectivity index (χ3v) is 3.88. The molecule has 1 aromatic rings. The molecule has 2 N–H and O–H groups in total. The van der Waals surface area contributed by atoms with E-state index in [9.17, 15) is 9.59 Å². The van der Waals surface area contributed by atoms with Gasteiger partial charge in [-0.05, 0) is 19.9 Å². The summed E-state index contributed by atoms with van der Waals surface area (Å²) in [4.78, 5) is 29.2. The van der Waals surface area contributed by atoms with Gasteiger partial charge in [0.2, 0.25) is 5.91 Å². The van der Waals surface area contributed by atoms with E-state index < -0.39 is 0 Å². The number of piperidine rings is 1. The summed E-state index contributed by atoms with van der Waals surface area (Å²) in [6, 6.07) is 0.353. The number of nitrogens with zero attached hydrogens (tertiary/aromatic N) is 2. The van der Waals surface area contributed by atoms with Crippen LogP contribution < -0.4 is 10.6 Å². The summed E-state index contributed by atoms with van der Waals surface area (Å²) in [5, 5.41) is 7.95. The smallest absolute Gasteiger partial charge is 0.273 e. The molecule has 0 aliphatic carbocycles. The van der Waals surface area contributed by atoms with Crippen molar-refractivity contribution in [2.24, 2.45) is 0 Å². The first-order chi connectivity index (χ1) is 9.10. The Morgan fingerprint density at radius 3 is 3.00 bits per heavy atom. The second-order valence-electron chi connectivity index (χ2n) is 4.60. The van der Waals surface area contributed by atoms with E-state index in [1.54, 1.807) is 5.38 Å². The molecule has 0 spiro atoms. The summed E-state index contributed by atoms with van der Waals surface area (Å²) < 4.78 is 0. The Kier molecular flexibility index (Phi) is 4.49. The Morgan fingerprint density at radius 1 is 1.53 bits per heavy atom. The molecular weight excluding hydrogens is 264 g/mol. The maximum absolute atomic E-state index is 12.3. The van der Waals surface area contributed by atoms with Gasteiger partial charge in [-0.1, -0.05) is 0 Å². The van der Waals surface area contributed by atoms with E-state index in [4.69, 9.17) is 0 Å². The van der Waals surface area contributed by atoms with Crippen molar-refractivity contribution in [1.82, 2.24) is 15.2 Å². The summed E-state index contributed by atoms with van der Waals surface area (Å²) in [6.07, 6.45) is 2.09. The molecule has 1 aliphatic heterocycles. The second kappa shape index (κ2) is 6.12. The van der Waals surface area contributed by atoms with E-state index in [0.29, 0.717) is 23.4 Å². The minimum Gasteiger partial charge on any atom is -0.336 e. The van der Waals surface area contributed by atoms with Gasteiger partial charge in [0, 0.05) is 31.4 Å². The van der Waals surface area contributed by atoms with Crippen LogP contribution in [0.25, 0.3) is 0 Å². The Balaban J connectivity index is 2.02. The zero-order valence-electron chi connectivity index (χ0n) is 11.1. The predicted octanol–water partition coefficient (Wildman–Crippen LogP) is 0.925. The van der Waals surface area contributed by atoms with Crippen LogP contribution in [0.4, 0.5) is 5.13 Å². The minimum absolute atomic E-state index is 0.0622. The molecule has 1 atom stereocenters. The van der Waals surface area contributed by atoms with Crippen LogP contribution in [0.3, 0.4) is 0 Å². The first-order valence-corrected chi connectivity index (χ1v) is 7.17. The van der Waals surface area contributed by atoms with E-state index in [-0.39, 0.29) is 11.8 Å². The van der Waals surface area contributed by atoms with Crippen molar-refractivity contribution in [3.8, 4) is 0 Å². The molecule has 1 saturated heterocycles. The van der Waals surface area contributed by atoms with Crippen LogP contribution in [0.15, 0.2) is 5.38 Å². The van der Waals surface area contributed by atoms with Crippen molar-refractivity contribution in [3.63, 3.8) is 0 Å². The summed E-state index contributed by atoms with van der Waals surface area (Å²) in [5.74, 6) is -0.241. The highest BCUT2D eigenvalue weighted by Gasteiger charge is 2.25. The molecule has 1 aliphatic rings. The lowest BCUT2D eigenvalue weighted by atomic mass is 10.1. The number of hydrogen-bond donors (Lipinski definition) is 2. The SMILES string of the molecule is CNC1CCCN(C(=O)c2csc(NC(C)=O)n2)C1. The number of amides is 2. The maximum Gasteiger partial charge on any atom is 0.273 e. The molecule has 0 radical (unpaired) electrons. The number of likely N-dealkylation sites (N-methyl/N-ethyl adjacent to an activating group) is 1. The molecule has 0 saturated carbocycles. The number of thiazole rings is 1. The molecule has 2 amide bonds. The highest BCUT2D eigenvalue weighted by Crippen LogP contribution is 2.19. The topological polar surface area (TPSA) is 74.3 Å². The fraction of sp³-hybridized carbons (Fsp3) is 0.583. The van der Waals surface area contributed by atoms with Crippen molar-refractivity contribution < 1.29 is 9.59 Å². The van der Waals surface area contributed by atoms with Gasteiger partial charge in [0.1, 0.15) is 5.69 Å². The average Bonchev–Trinajstić information content (AvgIpc) is 2.85. The van der Waals surface area contributed by atoms with Crippen LogP contribution >= 0.6 is 11.3 Å². The van der Waals surface area contributed by atoms with E-state index in [1.165, 1.54) is 18.3 Å². The number of likely N-dealkylation sites (tertiary alicyclic amines) is 1. The molecule has 0 bridgehead atoms. The van der Waals surface area contributed by atoms with Crippen LogP contribution in [-0.2, 0) is 4.79 Å². The predicted molar refractivity (Wildman–Crippen MR) is 74.4 cm³/mol. The van der Waals surface area contributed by atoms with Gasteiger partial charge in [0.15, 0.2) is 5.13 Å². The van der Waals surface area contributed by atoms with Crippen LogP contribution in [-0.4, -0.2) is 47.9 Å². The van der Waals surface area contributed by atoms with Crippen LogP contribution in [0.1, 0.15) is 30.3 Å². The fourth-order valence-electron chi connectivity index (χ4n) is 2.14. The Bertz CT molecular complexity index is 474. The molecular formula is C12H18N4O2S. The van der Waals surface area contributed by atoms with Crippen LogP contribution in [0.5, 0.6) is 0 Å². The first kappa shape index (κ1) is 14.0. The van der Waals surface area contributed by atoms with E-state index in [1.807, 2.05) is 11.9 Å². The Morgan fingerprint density at radius 2 is 2.32 bits per heavy atom. The standard InChI is InChI=1S/C12H18N4O2S/c1-8(17)14-12-15-10(7-19-12)11(18)16-5-3-4-9(6-16)13-2/h7,9,13H,3-6H2,1-2H3,(H,14,15,17). The highest BCUT2D eigenvalue weighted by atomic mass is 32.1. The maximum atomic E-state index is 12.3. The molecule has 6 nitrogen and oxygen atoms in total. The van der Waals surface area contributed by atoms with Gasteiger partial charge in [-0.2, -0.15) is 0 Å². The first-order valence-electron chi connectivity index (χ1n) is 6.30. The molecule has 2 heterocycles. The van der Waals surface area contributed by atoms with Gasteiger partial charge in [-0.25, -0.2) is 4.98 Å². The van der Waals surface area contributed by atoms with Gasteiger partial charge in [0.25, 0.3) is 5.91 Å². The van der Waals surface area contributed by atoms with E-state index >= 15 is 0 Å². The molecule has 0 aromatic carbocycles. The molecule has 1 unspecified atom stereocenters. The number of anilines is 1. The lowest BCUT2D eigenvalue weighted by molar-refractivity contribution is -0.114. The van der Waals surface area contributed by atoms with Gasteiger partial charge in [-0.3, -0.25) is 9.59 Å². The minimum atomic E-state index is -0.179. The van der Waals surface area contributed by atoms with Gasteiger partial charge in [-0.15, -0.1) is 11.3 Å². The number of carbonyl (C=O) groups is 2. The van der Waals surface area contributed by atoms with Crippen molar-refractivity contribution in [3.05, 3.63) is 11.1 Å². The summed E-state index contributed by atoms with van der Waals surface area (Å²) in [5.41, 5.74) is 0.408. The molecule has 1 fully saturated rings. The van der Waals surface area contributed by atoms with Gasteiger partial charge < -0.3 is 15.5 Å². The van der Waals surface area contributed by atoms with Crippen LogP contribution in [0, 0.1) is 0 Å². The summed E-state index contributed by atoms with van der Waals surface area (Å²) >= 11 is 1.27. The van der Waals surface area contributed by atoms with Crippen molar-refractivity contribution >= 4 is 28.3 Å². The lowest BCUT2D eigenvalue weighted by Crippen LogP contribution is -2.47. The second-order valence-corrected chi connectivity index (χ2v) is 5.46. The summed E-state index contributed by atoms with van der Waals surface area (Å²) in [6.45, 7) is 2.90. The third-order valence-electron chi connectivity index (χ3n) is 3.12. The zero-order valence-corrected chi connectivity index (χ0v) is 11.9. The fourth-order valence-corrected chi connectivity index (χ4v) is 2.87. The quantitative estimate of drug-likeness (QED) is 0.865. The van der Waals surface area contributed by atoms with E-state index in [2.05, 4.69) is 15.6 Å². The normalized spacial score (nSPS) is 19.3. The van der Waals surface area contributed by atoms with Crippen LogP contribution in [0.2, 0.25) is 0 Å². The Hall–Kier alpha value is -1.47. The number of rotatable bonds is 3. The lowest BCUT2D eigenvalue weighted by Gasteiger charge is -2.32. The molecule has 1 aromatic heterocycles. The zero-order chi connectivity index (χ0) is 13.8.